The largest absolute Gasteiger partial charge is 0.473 e. The van der Waals surface area contributed by atoms with E-state index in [2.05, 4.69) is 10.3 Å². The van der Waals surface area contributed by atoms with E-state index in [1.165, 1.54) is 31.2 Å². The predicted molar refractivity (Wildman–Crippen MR) is 114 cm³/mol. The second kappa shape index (κ2) is 10.3. The lowest BCUT2D eigenvalue weighted by atomic mass is 10.1. The number of nitriles is 1. The Bertz CT molecular complexity index is 1370. The number of carbonyl (C=O) groups is 2. The van der Waals surface area contributed by atoms with Gasteiger partial charge in [-0.2, -0.15) is 18.4 Å². The number of carbonyl (C=O) groups excluding carboxylic acids is 2. The zero-order chi connectivity index (χ0) is 26.6. The van der Waals surface area contributed by atoms with Crippen molar-refractivity contribution in [3.8, 4) is 23.4 Å². The molecule has 186 valence electrons. The number of aromatic nitrogens is 1. The second-order valence-corrected chi connectivity index (χ2v) is 7.18. The number of halogens is 5. The predicted octanol–water partition coefficient (Wildman–Crippen LogP) is 4.81. The first-order chi connectivity index (χ1) is 16.9. The van der Waals surface area contributed by atoms with E-state index < -0.39 is 64.2 Å². The standard InChI is InChI=1S/C23H15F5N4O4/c1-11(9-29)35-18-7-17(25)19(8-16(18)24)36-22-15(6-13(10-31-22)23(26,27)28)21(34)32-14-4-2-3-12(5-14)20(30)33/h2-8,10-11H,1H3,(H2,30,33)(H,32,34). The molecule has 36 heavy (non-hydrogen) atoms. The van der Waals surface area contributed by atoms with E-state index in [-0.39, 0.29) is 11.3 Å². The Morgan fingerprint density at radius 1 is 1.11 bits per heavy atom. The molecule has 1 atom stereocenters. The highest BCUT2D eigenvalue weighted by atomic mass is 19.4. The molecule has 1 unspecified atom stereocenters. The molecule has 2 amide bonds. The summed E-state index contributed by atoms with van der Waals surface area (Å²) in [5.74, 6) is -6.53. The van der Waals surface area contributed by atoms with Gasteiger partial charge in [-0.05, 0) is 31.2 Å². The fourth-order valence-corrected chi connectivity index (χ4v) is 2.80. The van der Waals surface area contributed by atoms with Gasteiger partial charge >= 0.3 is 6.18 Å². The summed E-state index contributed by atoms with van der Waals surface area (Å²) in [5.41, 5.74) is 3.11. The summed E-state index contributed by atoms with van der Waals surface area (Å²) in [6.07, 6.45) is -5.65. The van der Waals surface area contributed by atoms with Crippen LogP contribution in [0.1, 0.15) is 33.2 Å². The van der Waals surface area contributed by atoms with E-state index in [0.29, 0.717) is 24.4 Å². The normalized spacial score (nSPS) is 11.8. The smallest absolute Gasteiger partial charge is 0.417 e. The van der Waals surface area contributed by atoms with E-state index in [0.717, 1.165) is 0 Å². The summed E-state index contributed by atoms with van der Waals surface area (Å²) in [5, 5.41) is 11.0. The van der Waals surface area contributed by atoms with Gasteiger partial charge in [-0.25, -0.2) is 13.8 Å². The van der Waals surface area contributed by atoms with Crippen molar-refractivity contribution in [2.45, 2.75) is 19.2 Å². The van der Waals surface area contributed by atoms with Crippen LogP contribution < -0.4 is 20.5 Å². The summed E-state index contributed by atoms with van der Waals surface area (Å²) in [7, 11) is 0. The van der Waals surface area contributed by atoms with Gasteiger partial charge in [0.1, 0.15) is 11.6 Å². The van der Waals surface area contributed by atoms with Crippen LogP contribution in [0.2, 0.25) is 0 Å². The number of nitrogens with two attached hydrogens (primary N) is 1. The molecule has 0 radical (unpaired) electrons. The molecule has 0 bridgehead atoms. The number of hydrogen-bond acceptors (Lipinski definition) is 6. The van der Waals surface area contributed by atoms with E-state index in [1.54, 1.807) is 6.07 Å². The van der Waals surface area contributed by atoms with E-state index in [9.17, 15) is 31.5 Å². The van der Waals surface area contributed by atoms with Gasteiger partial charge in [0.25, 0.3) is 5.91 Å². The fraction of sp³-hybridized carbons (Fsp3) is 0.130. The van der Waals surface area contributed by atoms with Gasteiger partial charge in [-0.1, -0.05) is 6.07 Å². The number of nitrogens with one attached hydrogen (secondary N) is 1. The number of anilines is 1. The van der Waals surface area contributed by atoms with Crippen LogP contribution in [0.25, 0.3) is 0 Å². The van der Waals surface area contributed by atoms with Crippen LogP contribution in [-0.4, -0.2) is 22.9 Å². The quantitative estimate of drug-likeness (QED) is 0.443. The van der Waals surface area contributed by atoms with E-state index >= 15 is 0 Å². The lowest BCUT2D eigenvalue weighted by Gasteiger charge is -2.15. The Morgan fingerprint density at radius 2 is 1.78 bits per heavy atom. The first-order valence-electron chi connectivity index (χ1n) is 9.90. The summed E-state index contributed by atoms with van der Waals surface area (Å²) < 4.78 is 78.7. The van der Waals surface area contributed by atoms with Gasteiger partial charge in [0.2, 0.25) is 11.8 Å². The van der Waals surface area contributed by atoms with Crippen molar-refractivity contribution in [1.82, 2.24) is 4.98 Å². The number of rotatable bonds is 7. The summed E-state index contributed by atoms with van der Waals surface area (Å²) >= 11 is 0. The Hall–Kier alpha value is -4.73. The molecular weight excluding hydrogens is 491 g/mol. The average Bonchev–Trinajstić information content (AvgIpc) is 2.81. The molecule has 2 aromatic carbocycles. The van der Waals surface area contributed by atoms with Crippen molar-refractivity contribution in [2.75, 3.05) is 5.32 Å². The number of amides is 2. The summed E-state index contributed by atoms with van der Waals surface area (Å²) in [6.45, 7) is 1.29. The van der Waals surface area contributed by atoms with Gasteiger partial charge in [0.05, 0.1) is 5.56 Å². The minimum absolute atomic E-state index is 0.00463. The Balaban J connectivity index is 1.99. The van der Waals surface area contributed by atoms with Gasteiger partial charge in [-0.3, -0.25) is 9.59 Å². The number of alkyl halides is 3. The van der Waals surface area contributed by atoms with Gasteiger partial charge in [0, 0.05) is 29.6 Å². The van der Waals surface area contributed by atoms with Crippen LogP contribution in [0, 0.1) is 23.0 Å². The first kappa shape index (κ1) is 25.9. The molecule has 8 nitrogen and oxygen atoms in total. The third-order valence-electron chi connectivity index (χ3n) is 4.51. The Kier molecular flexibility index (Phi) is 7.38. The highest BCUT2D eigenvalue weighted by molar-refractivity contribution is 6.06. The maximum Gasteiger partial charge on any atom is 0.417 e. The minimum atomic E-state index is -4.89. The van der Waals surface area contributed by atoms with Crippen LogP contribution >= 0.6 is 0 Å². The number of ether oxygens (including phenoxy) is 2. The van der Waals surface area contributed by atoms with Crippen molar-refractivity contribution >= 4 is 17.5 Å². The van der Waals surface area contributed by atoms with Crippen LogP contribution in [0.5, 0.6) is 17.4 Å². The Labute approximate surface area is 200 Å². The van der Waals surface area contributed by atoms with Crippen molar-refractivity contribution in [2.24, 2.45) is 5.73 Å². The van der Waals surface area contributed by atoms with Crippen LogP contribution in [0.15, 0.2) is 48.7 Å². The molecule has 0 aliphatic heterocycles. The van der Waals surface area contributed by atoms with Crippen molar-refractivity contribution in [3.05, 3.63) is 77.0 Å². The maximum atomic E-state index is 14.5. The van der Waals surface area contributed by atoms with Gasteiger partial charge in [-0.15, -0.1) is 0 Å². The molecule has 0 saturated carbocycles. The zero-order valence-corrected chi connectivity index (χ0v) is 18.2. The van der Waals surface area contributed by atoms with Crippen LogP contribution in [0.3, 0.4) is 0 Å². The molecule has 0 aliphatic carbocycles. The third kappa shape index (κ3) is 6.03. The molecule has 1 aromatic heterocycles. The SMILES string of the molecule is CC(C#N)Oc1cc(F)c(Oc2ncc(C(F)(F)F)cc2C(=O)Nc2cccc(C(N)=O)c2)cc1F. The molecule has 3 aromatic rings. The highest BCUT2D eigenvalue weighted by Gasteiger charge is 2.33. The monoisotopic (exact) mass is 506 g/mol. The number of hydrogen-bond donors (Lipinski definition) is 2. The van der Waals surface area contributed by atoms with E-state index in [1.807, 2.05) is 0 Å². The number of benzene rings is 2. The molecule has 1 heterocycles. The molecule has 3 rings (SSSR count). The molecule has 0 spiro atoms. The zero-order valence-electron chi connectivity index (χ0n) is 18.2. The summed E-state index contributed by atoms with van der Waals surface area (Å²) in [6, 6.07) is 8.40. The molecular formula is C23H15F5N4O4. The molecule has 0 saturated heterocycles. The lowest BCUT2D eigenvalue weighted by Crippen LogP contribution is -2.17. The van der Waals surface area contributed by atoms with Crippen molar-refractivity contribution < 1.29 is 41.0 Å². The highest BCUT2D eigenvalue weighted by Crippen LogP contribution is 2.35. The van der Waals surface area contributed by atoms with Crippen LogP contribution in [0.4, 0.5) is 27.6 Å². The molecule has 3 N–H and O–H groups in total. The lowest BCUT2D eigenvalue weighted by molar-refractivity contribution is -0.137. The molecule has 0 fully saturated rings. The molecule has 13 heteroatoms. The first-order valence-corrected chi connectivity index (χ1v) is 9.90. The van der Waals surface area contributed by atoms with Crippen molar-refractivity contribution in [1.29, 1.82) is 5.26 Å². The number of pyridine rings is 1. The second-order valence-electron chi connectivity index (χ2n) is 7.18. The maximum absolute atomic E-state index is 14.5. The average molecular weight is 506 g/mol. The summed E-state index contributed by atoms with van der Waals surface area (Å²) in [4.78, 5) is 27.6. The third-order valence-corrected chi connectivity index (χ3v) is 4.51. The van der Waals surface area contributed by atoms with Crippen LogP contribution in [-0.2, 0) is 6.18 Å². The minimum Gasteiger partial charge on any atom is -0.473 e. The Morgan fingerprint density at radius 3 is 2.42 bits per heavy atom. The number of primary amides is 1. The molecule has 0 aliphatic rings. The van der Waals surface area contributed by atoms with Gasteiger partial charge in [0.15, 0.2) is 29.2 Å². The van der Waals surface area contributed by atoms with Gasteiger partial charge < -0.3 is 20.5 Å². The van der Waals surface area contributed by atoms with E-state index in [4.69, 9.17) is 20.5 Å². The topological polar surface area (TPSA) is 127 Å². The number of nitrogens with zero attached hydrogens (tertiary/aromatic N) is 2. The fourth-order valence-electron chi connectivity index (χ4n) is 2.80. The van der Waals surface area contributed by atoms with Crippen molar-refractivity contribution in [3.63, 3.8) is 0 Å².